The first-order valence-corrected chi connectivity index (χ1v) is 9.15. The highest BCUT2D eigenvalue weighted by atomic mass is 16.6. The van der Waals surface area contributed by atoms with Crippen LogP contribution in [0.4, 0.5) is 5.82 Å². The summed E-state index contributed by atoms with van der Waals surface area (Å²) >= 11 is 0. The molecule has 1 fully saturated rings. The van der Waals surface area contributed by atoms with Crippen LogP contribution in [0.5, 0.6) is 0 Å². The fraction of sp³-hybridized carbons (Fsp3) is 0.316. The number of nitrogens with zero attached hydrogens (tertiary/aromatic N) is 4. The lowest BCUT2D eigenvalue weighted by Crippen LogP contribution is -2.36. The predicted octanol–water partition coefficient (Wildman–Crippen LogP) is 0.261. The Balaban J connectivity index is 1.67. The van der Waals surface area contributed by atoms with E-state index in [1.165, 1.54) is 24.1 Å². The molecular weight excluding hydrogens is 394 g/mol. The maximum atomic E-state index is 12.5. The van der Waals surface area contributed by atoms with Crippen LogP contribution in [0.25, 0.3) is 11.2 Å². The van der Waals surface area contributed by atoms with Crippen LogP contribution < -0.4 is 5.32 Å². The largest absolute Gasteiger partial charge is 0.455 e. The van der Waals surface area contributed by atoms with Crippen molar-refractivity contribution in [2.45, 2.75) is 31.5 Å². The number of benzene rings is 1. The Hall–Kier alpha value is -3.41. The van der Waals surface area contributed by atoms with Gasteiger partial charge in [-0.2, -0.15) is 0 Å². The number of aromatic nitrogens is 4. The van der Waals surface area contributed by atoms with Crippen LogP contribution in [0.1, 0.15) is 23.5 Å². The van der Waals surface area contributed by atoms with Crippen LogP contribution in [-0.2, 0) is 14.3 Å². The van der Waals surface area contributed by atoms with Crippen molar-refractivity contribution in [3.8, 4) is 0 Å². The van der Waals surface area contributed by atoms with Crippen LogP contribution in [-0.4, -0.2) is 66.5 Å². The van der Waals surface area contributed by atoms with Crippen molar-refractivity contribution >= 4 is 28.9 Å². The van der Waals surface area contributed by atoms with Crippen molar-refractivity contribution < 1.29 is 29.3 Å². The molecule has 1 aliphatic heterocycles. The molecule has 1 saturated heterocycles. The first-order valence-electron chi connectivity index (χ1n) is 9.15. The standard InChI is InChI=1S/C19H19N5O6/c1-10(26)29-15-14(27)12(7-25)30-19(15)24-9-22-13-16(20-8-21-17(13)24)23-18(28)11-5-3-2-4-6-11/h2-6,8-9,12,14-15,19,25,27H,7H2,1H3,(H,20,21,23,28)/t12-,14-,15+,19+/m0/s1. The van der Waals surface area contributed by atoms with Gasteiger partial charge in [-0.3, -0.25) is 14.2 Å². The summed E-state index contributed by atoms with van der Waals surface area (Å²) in [5, 5.41) is 22.5. The number of aliphatic hydroxyl groups excluding tert-OH is 2. The van der Waals surface area contributed by atoms with E-state index in [1.807, 2.05) is 0 Å². The highest BCUT2D eigenvalue weighted by Crippen LogP contribution is 2.34. The summed E-state index contributed by atoms with van der Waals surface area (Å²) in [5.41, 5.74) is 1.03. The van der Waals surface area contributed by atoms with E-state index >= 15 is 0 Å². The fourth-order valence-corrected chi connectivity index (χ4v) is 3.31. The minimum Gasteiger partial charge on any atom is -0.455 e. The molecule has 0 aliphatic carbocycles. The van der Waals surface area contributed by atoms with Gasteiger partial charge >= 0.3 is 5.97 Å². The molecule has 0 spiro atoms. The highest BCUT2D eigenvalue weighted by molar-refractivity contribution is 6.06. The summed E-state index contributed by atoms with van der Waals surface area (Å²) in [4.78, 5) is 36.5. The van der Waals surface area contributed by atoms with Crippen molar-refractivity contribution in [1.29, 1.82) is 0 Å². The van der Waals surface area contributed by atoms with Gasteiger partial charge < -0.3 is 25.0 Å². The van der Waals surface area contributed by atoms with Gasteiger partial charge in [0.15, 0.2) is 29.3 Å². The van der Waals surface area contributed by atoms with E-state index in [0.717, 1.165) is 0 Å². The van der Waals surface area contributed by atoms with Gasteiger partial charge in [-0.15, -0.1) is 0 Å². The van der Waals surface area contributed by atoms with Gasteiger partial charge in [0.25, 0.3) is 5.91 Å². The Kier molecular flexibility index (Phi) is 5.40. The monoisotopic (exact) mass is 413 g/mol. The summed E-state index contributed by atoms with van der Waals surface area (Å²) < 4.78 is 12.3. The maximum Gasteiger partial charge on any atom is 0.303 e. The zero-order chi connectivity index (χ0) is 21.3. The molecule has 4 atom stereocenters. The van der Waals surface area contributed by atoms with Gasteiger partial charge in [-0.05, 0) is 12.1 Å². The SMILES string of the molecule is CC(=O)O[C@@H]1[C@@H](O)[C@H](CO)O[C@H]1n1cnc2c(NC(=O)c3ccccc3)ncnc21. The van der Waals surface area contributed by atoms with E-state index < -0.39 is 37.1 Å². The maximum absolute atomic E-state index is 12.5. The summed E-state index contributed by atoms with van der Waals surface area (Å²) in [5.74, 6) is -0.786. The Morgan fingerprint density at radius 1 is 1.23 bits per heavy atom. The van der Waals surface area contributed by atoms with E-state index in [2.05, 4.69) is 20.3 Å². The third kappa shape index (κ3) is 3.61. The van der Waals surface area contributed by atoms with Crippen molar-refractivity contribution in [3.05, 3.63) is 48.5 Å². The first-order chi connectivity index (χ1) is 14.5. The second-order valence-electron chi connectivity index (χ2n) is 6.68. The van der Waals surface area contributed by atoms with Crippen LogP contribution in [0.15, 0.2) is 43.0 Å². The molecule has 0 radical (unpaired) electrons. The predicted molar refractivity (Wildman–Crippen MR) is 102 cm³/mol. The molecule has 0 bridgehead atoms. The van der Waals surface area contributed by atoms with E-state index in [0.29, 0.717) is 11.2 Å². The minimum absolute atomic E-state index is 0.189. The molecule has 3 heterocycles. The lowest BCUT2D eigenvalue weighted by Gasteiger charge is -2.21. The summed E-state index contributed by atoms with van der Waals surface area (Å²) in [6.07, 6.45) is -1.61. The van der Waals surface area contributed by atoms with Crippen LogP contribution in [0, 0.1) is 0 Å². The Labute approximate surface area is 170 Å². The summed E-state index contributed by atoms with van der Waals surface area (Å²) in [6.45, 7) is 0.747. The van der Waals surface area contributed by atoms with Crippen LogP contribution >= 0.6 is 0 Å². The Morgan fingerprint density at radius 2 is 2.00 bits per heavy atom. The fourth-order valence-electron chi connectivity index (χ4n) is 3.31. The van der Waals surface area contributed by atoms with Gasteiger partial charge in [-0.1, -0.05) is 18.2 Å². The molecule has 11 heteroatoms. The lowest BCUT2D eigenvalue weighted by molar-refractivity contribution is -0.155. The van der Waals surface area contributed by atoms with Crippen molar-refractivity contribution in [2.75, 3.05) is 11.9 Å². The van der Waals surface area contributed by atoms with E-state index in [4.69, 9.17) is 9.47 Å². The van der Waals surface area contributed by atoms with E-state index in [9.17, 15) is 19.8 Å². The van der Waals surface area contributed by atoms with Gasteiger partial charge in [0.1, 0.15) is 18.5 Å². The third-order valence-electron chi connectivity index (χ3n) is 4.70. The smallest absolute Gasteiger partial charge is 0.303 e. The number of fused-ring (bicyclic) bond motifs is 1. The number of anilines is 1. The average Bonchev–Trinajstić information content (AvgIpc) is 3.30. The van der Waals surface area contributed by atoms with E-state index in [1.54, 1.807) is 30.3 Å². The normalized spacial score (nSPS) is 23.4. The quantitative estimate of drug-likeness (QED) is 0.501. The summed E-state index contributed by atoms with van der Waals surface area (Å²) in [6, 6.07) is 8.62. The molecule has 2 aromatic heterocycles. The van der Waals surface area contributed by atoms with Crippen LogP contribution in [0.2, 0.25) is 0 Å². The molecule has 3 N–H and O–H groups in total. The number of esters is 1. The van der Waals surface area contributed by atoms with Crippen molar-refractivity contribution in [1.82, 2.24) is 19.5 Å². The Morgan fingerprint density at radius 3 is 2.70 bits per heavy atom. The third-order valence-corrected chi connectivity index (χ3v) is 4.70. The molecule has 30 heavy (non-hydrogen) atoms. The molecule has 1 aliphatic rings. The number of ether oxygens (including phenoxy) is 2. The molecule has 156 valence electrons. The lowest BCUT2D eigenvalue weighted by atomic mass is 10.1. The molecule has 11 nitrogen and oxygen atoms in total. The second kappa shape index (κ2) is 8.14. The zero-order valence-electron chi connectivity index (χ0n) is 15.9. The molecule has 0 saturated carbocycles. The summed E-state index contributed by atoms with van der Waals surface area (Å²) in [7, 11) is 0. The molecule has 1 aromatic carbocycles. The van der Waals surface area contributed by atoms with Crippen LogP contribution in [0.3, 0.4) is 0 Å². The molecule has 0 unspecified atom stereocenters. The highest BCUT2D eigenvalue weighted by Gasteiger charge is 2.47. The number of carbonyl (C=O) groups is 2. The molecule has 4 rings (SSSR count). The molecule has 1 amide bonds. The first kappa shape index (κ1) is 19.9. The number of imidazole rings is 1. The average molecular weight is 413 g/mol. The number of hydrogen-bond acceptors (Lipinski definition) is 9. The number of aliphatic hydroxyl groups is 2. The number of rotatable bonds is 5. The number of carbonyl (C=O) groups excluding carboxylic acids is 2. The Bertz CT molecular complexity index is 1070. The van der Waals surface area contributed by atoms with Gasteiger partial charge in [0.2, 0.25) is 0 Å². The number of amides is 1. The topological polar surface area (TPSA) is 149 Å². The van der Waals surface area contributed by atoms with Gasteiger partial charge in [-0.25, -0.2) is 15.0 Å². The minimum atomic E-state index is -1.24. The van der Waals surface area contributed by atoms with Crippen molar-refractivity contribution in [3.63, 3.8) is 0 Å². The number of hydrogen-bond donors (Lipinski definition) is 3. The molecule has 3 aromatic rings. The van der Waals surface area contributed by atoms with Gasteiger partial charge in [0, 0.05) is 12.5 Å². The zero-order valence-corrected chi connectivity index (χ0v) is 15.9. The number of nitrogens with one attached hydrogen (secondary N) is 1. The second-order valence-corrected chi connectivity index (χ2v) is 6.68. The molecular formula is C19H19N5O6. The van der Waals surface area contributed by atoms with E-state index in [-0.39, 0.29) is 17.2 Å². The van der Waals surface area contributed by atoms with Crippen molar-refractivity contribution in [2.24, 2.45) is 0 Å². The van der Waals surface area contributed by atoms with Gasteiger partial charge in [0.05, 0.1) is 12.9 Å².